The number of nitrogens with one attached hydrogen (secondary N) is 2. The lowest BCUT2D eigenvalue weighted by Crippen LogP contribution is -2.43. The van der Waals surface area contributed by atoms with Gasteiger partial charge in [0, 0.05) is 23.5 Å². The summed E-state index contributed by atoms with van der Waals surface area (Å²) in [7, 11) is -2.00. The molecule has 0 atom stereocenters. The minimum atomic E-state index is -2.00. The highest BCUT2D eigenvalue weighted by Gasteiger charge is 2.41. The molecule has 0 amide bonds. The van der Waals surface area contributed by atoms with Crippen molar-refractivity contribution < 1.29 is 0 Å². The van der Waals surface area contributed by atoms with Crippen molar-refractivity contribution in [3.05, 3.63) is 87.8 Å². The van der Waals surface area contributed by atoms with E-state index in [0.717, 1.165) is 42.7 Å². The van der Waals surface area contributed by atoms with Gasteiger partial charge >= 0.3 is 0 Å². The van der Waals surface area contributed by atoms with Crippen LogP contribution in [0.5, 0.6) is 0 Å². The third kappa shape index (κ3) is 5.72. The third-order valence-electron chi connectivity index (χ3n) is 8.66. The zero-order valence-corrected chi connectivity index (χ0v) is 26.1. The van der Waals surface area contributed by atoms with E-state index in [1.807, 2.05) is 36.5 Å². The van der Waals surface area contributed by atoms with Crippen molar-refractivity contribution in [3.63, 3.8) is 0 Å². The molecule has 0 spiro atoms. The molecule has 4 aromatic rings. The van der Waals surface area contributed by atoms with Gasteiger partial charge in [-0.05, 0) is 77.9 Å². The molecule has 0 unspecified atom stereocenters. The van der Waals surface area contributed by atoms with Crippen LogP contribution >= 0.6 is 0 Å². The summed E-state index contributed by atoms with van der Waals surface area (Å²) in [5, 5.41) is 7.64. The van der Waals surface area contributed by atoms with E-state index < -0.39 is 8.07 Å². The third-order valence-corrected chi connectivity index (χ3v) is 14.9. The van der Waals surface area contributed by atoms with E-state index in [-0.39, 0.29) is 5.56 Å². The first-order valence-corrected chi connectivity index (χ1v) is 17.0. The number of aromatic nitrogens is 3. The van der Waals surface area contributed by atoms with Gasteiger partial charge in [0.05, 0.1) is 11.1 Å². The van der Waals surface area contributed by atoms with Crippen molar-refractivity contribution in [3.8, 4) is 17.2 Å². The molecule has 3 heterocycles. The molecule has 1 aliphatic rings. The Morgan fingerprint density at radius 2 is 1.59 bits per heavy atom. The lowest BCUT2D eigenvalue weighted by molar-refractivity contribution is 0.711. The van der Waals surface area contributed by atoms with Crippen molar-refractivity contribution in [2.45, 2.75) is 71.0 Å². The molecule has 0 aliphatic carbocycles. The predicted octanol–water partition coefficient (Wildman–Crippen LogP) is 6.78. The van der Waals surface area contributed by atoms with Crippen LogP contribution in [0, 0.1) is 11.5 Å². The molecule has 6 nitrogen and oxygen atoms in total. The van der Waals surface area contributed by atoms with Gasteiger partial charge in [-0.3, -0.25) is 9.36 Å². The van der Waals surface area contributed by atoms with Gasteiger partial charge in [-0.25, -0.2) is 4.98 Å². The van der Waals surface area contributed by atoms with Crippen molar-refractivity contribution in [2.75, 3.05) is 18.4 Å². The fourth-order valence-corrected chi connectivity index (χ4v) is 11.8. The predicted molar refractivity (Wildman–Crippen MR) is 173 cm³/mol. The Morgan fingerprint density at radius 1 is 0.902 bits per heavy atom. The lowest BCUT2D eigenvalue weighted by Gasteiger charge is -2.38. The summed E-state index contributed by atoms with van der Waals surface area (Å²) in [5.74, 6) is 3.95. The summed E-state index contributed by atoms with van der Waals surface area (Å²) in [5.41, 5.74) is 10.8. The van der Waals surface area contributed by atoms with Gasteiger partial charge in [0.1, 0.15) is 8.07 Å². The molecule has 212 valence electrons. The molecule has 0 saturated carbocycles. The summed E-state index contributed by atoms with van der Waals surface area (Å²) in [6.07, 6.45) is 3.83. The lowest BCUT2D eigenvalue weighted by atomic mass is 10.0. The van der Waals surface area contributed by atoms with Crippen LogP contribution < -0.4 is 16.2 Å². The summed E-state index contributed by atoms with van der Waals surface area (Å²) in [4.78, 5) is 23.3. The second kappa shape index (κ2) is 12.0. The maximum Gasteiger partial charge on any atom is 0.258 e. The van der Waals surface area contributed by atoms with Crippen molar-refractivity contribution in [1.29, 1.82) is 0 Å². The van der Waals surface area contributed by atoms with E-state index in [2.05, 4.69) is 81.8 Å². The summed E-state index contributed by atoms with van der Waals surface area (Å²) in [6, 6.07) is 17.8. The second-order valence-electron chi connectivity index (χ2n) is 12.0. The zero-order valence-electron chi connectivity index (χ0n) is 25.1. The fourth-order valence-electron chi connectivity index (χ4n) is 6.58. The number of benzene rings is 2. The van der Waals surface area contributed by atoms with E-state index in [1.165, 1.54) is 11.1 Å². The first-order valence-electron chi connectivity index (χ1n) is 14.8. The summed E-state index contributed by atoms with van der Waals surface area (Å²) >= 11 is 0. The average Bonchev–Trinajstić information content (AvgIpc) is 3.18. The molecule has 2 aromatic heterocycles. The van der Waals surface area contributed by atoms with Crippen molar-refractivity contribution >= 4 is 30.7 Å². The first kappa shape index (κ1) is 28.8. The molecular weight excluding hydrogens is 522 g/mol. The number of anilines is 2. The number of pyridine rings is 1. The quantitative estimate of drug-likeness (QED) is 0.200. The average molecular weight is 564 g/mol. The van der Waals surface area contributed by atoms with Crippen LogP contribution in [0.4, 0.5) is 11.6 Å². The van der Waals surface area contributed by atoms with Crippen LogP contribution in [0.2, 0.25) is 16.6 Å². The number of para-hydroxylation sites is 1. The van der Waals surface area contributed by atoms with Gasteiger partial charge in [-0.15, -0.1) is 5.54 Å². The maximum atomic E-state index is 13.7. The normalized spacial score (nSPS) is 13.7. The van der Waals surface area contributed by atoms with Crippen LogP contribution in [-0.4, -0.2) is 35.7 Å². The summed E-state index contributed by atoms with van der Waals surface area (Å²) < 4.78 is 1.66. The Balaban J connectivity index is 1.65. The molecule has 1 aliphatic heterocycles. The van der Waals surface area contributed by atoms with E-state index in [0.29, 0.717) is 33.8 Å². The first-order chi connectivity index (χ1) is 19.7. The van der Waals surface area contributed by atoms with Gasteiger partial charge in [0.25, 0.3) is 5.56 Å². The number of hydrogen-bond donors (Lipinski definition) is 2. The molecule has 2 N–H and O–H groups in total. The molecule has 2 aromatic carbocycles. The molecule has 7 heteroatoms. The molecule has 0 saturated heterocycles. The van der Waals surface area contributed by atoms with Gasteiger partial charge < -0.3 is 10.6 Å². The SMILES string of the molecule is CC(C)[Si](C#Cc1cc(=O)n(-c2ccccc2)c2nc(Nc3ccc4c(c3)CCNCC4)ncc12)(C(C)C)C(C)C. The Kier molecular flexibility index (Phi) is 8.44. The highest BCUT2D eigenvalue weighted by Crippen LogP contribution is 2.41. The molecule has 0 bridgehead atoms. The Morgan fingerprint density at radius 3 is 2.27 bits per heavy atom. The highest BCUT2D eigenvalue weighted by atomic mass is 28.3. The molecular formula is C34H41N5OSi. The molecule has 41 heavy (non-hydrogen) atoms. The largest absolute Gasteiger partial charge is 0.324 e. The van der Waals surface area contributed by atoms with E-state index >= 15 is 0 Å². The van der Waals surface area contributed by atoms with Crippen molar-refractivity contribution in [2.24, 2.45) is 0 Å². The number of rotatable bonds is 6. The minimum Gasteiger partial charge on any atom is -0.324 e. The van der Waals surface area contributed by atoms with Gasteiger partial charge in [-0.1, -0.05) is 71.7 Å². The summed E-state index contributed by atoms with van der Waals surface area (Å²) in [6.45, 7) is 15.8. The van der Waals surface area contributed by atoms with Crippen LogP contribution in [0.1, 0.15) is 58.2 Å². The fraction of sp³-hybridized carbons (Fsp3) is 0.382. The monoisotopic (exact) mass is 563 g/mol. The zero-order chi connectivity index (χ0) is 29.1. The van der Waals surface area contributed by atoms with Crippen LogP contribution in [0.25, 0.3) is 16.7 Å². The Hall–Kier alpha value is -3.73. The number of nitrogens with zero attached hydrogens (tertiary/aromatic N) is 3. The van der Waals surface area contributed by atoms with Gasteiger partial charge in [0.15, 0.2) is 5.65 Å². The van der Waals surface area contributed by atoms with Gasteiger partial charge in [0.2, 0.25) is 5.95 Å². The molecule has 0 fully saturated rings. The molecule has 0 radical (unpaired) electrons. The topological polar surface area (TPSA) is 71.8 Å². The van der Waals surface area contributed by atoms with Crippen LogP contribution in [0.3, 0.4) is 0 Å². The van der Waals surface area contributed by atoms with Crippen molar-refractivity contribution in [1.82, 2.24) is 19.9 Å². The maximum absolute atomic E-state index is 13.7. The number of hydrogen-bond acceptors (Lipinski definition) is 5. The van der Waals surface area contributed by atoms with E-state index in [9.17, 15) is 4.79 Å². The second-order valence-corrected chi connectivity index (χ2v) is 17.6. The highest BCUT2D eigenvalue weighted by molar-refractivity contribution is 6.90. The van der Waals surface area contributed by atoms with E-state index in [4.69, 9.17) is 9.97 Å². The minimum absolute atomic E-state index is 0.152. The van der Waals surface area contributed by atoms with Crippen LogP contribution in [0.15, 0.2) is 65.6 Å². The Labute approximate surface area is 244 Å². The Bertz CT molecular complexity index is 1640. The van der Waals surface area contributed by atoms with Gasteiger partial charge in [-0.2, -0.15) is 4.98 Å². The number of fused-ring (bicyclic) bond motifs is 2. The smallest absolute Gasteiger partial charge is 0.258 e. The molecule has 5 rings (SSSR count). The standard InChI is InChI=1S/C34H41N5OSi/c1-23(2)41(24(3)4,25(5)6)19-16-28-21-32(40)39(30-10-8-7-9-11-30)33-31(28)22-36-34(38-33)37-29-13-12-26-14-17-35-18-15-27(26)20-29/h7-13,20-25,35H,14-15,17-18H2,1-6H3,(H,36,37,38). The van der Waals surface area contributed by atoms with Crippen LogP contribution in [-0.2, 0) is 12.8 Å². The van der Waals surface area contributed by atoms with E-state index in [1.54, 1.807) is 10.6 Å².